The van der Waals surface area contributed by atoms with Gasteiger partial charge in [-0.2, -0.15) is 0 Å². The van der Waals surface area contributed by atoms with Gasteiger partial charge in [0.2, 0.25) is 0 Å². The number of carbonyl (C=O) groups excluding carboxylic acids is 3. The van der Waals surface area contributed by atoms with Crippen molar-refractivity contribution in [2.24, 2.45) is 11.5 Å². The number of carbonyl (C=O) groups is 3. The zero-order valence-corrected chi connectivity index (χ0v) is 17.6. The molecule has 1 aliphatic carbocycles. The largest absolute Gasteiger partial charge is 2.00 e. The van der Waals surface area contributed by atoms with Crippen molar-refractivity contribution in [3.8, 4) is 0 Å². The van der Waals surface area contributed by atoms with Gasteiger partial charge in [0.15, 0.2) is 0 Å². The van der Waals surface area contributed by atoms with Crippen LogP contribution >= 0.6 is 0 Å². The molecular formula is C18H25N3O6Pt. The van der Waals surface area contributed by atoms with E-state index >= 15 is 0 Å². The van der Waals surface area contributed by atoms with Crippen LogP contribution in [0.25, 0.3) is 0 Å². The molecule has 0 radical (unpaired) electrons. The molecule has 0 aromatic heterocycles. The van der Waals surface area contributed by atoms with Gasteiger partial charge >= 0.3 is 27.2 Å². The van der Waals surface area contributed by atoms with Crippen molar-refractivity contribution in [3.05, 3.63) is 35.9 Å². The SMILES string of the molecule is N[C@@H]1CCCC[C@H]1N.O=C([O-])CC(NC(=O)OCc1ccccc1)C(=O)[O-].[Pt+2]. The predicted molar refractivity (Wildman–Crippen MR) is 92.6 cm³/mol. The minimum Gasteiger partial charge on any atom is -0.550 e. The number of carboxylic acids is 2. The molecule has 1 aromatic rings. The Hall–Kier alpha value is -1.96. The van der Waals surface area contributed by atoms with Crippen molar-refractivity contribution < 1.29 is 50.4 Å². The molecule has 0 aliphatic heterocycles. The summed E-state index contributed by atoms with van der Waals surface area (Å²) in [6.45, 7) is -0.0578. The summed E-state index contributed by atoms with van der Waals surface area (Å²) >= 11 is 0. The minimum absolute atomic E-state index is 0. The molecule has 0 spiro atoms. The van der Waals surface area contributed by atoms with E-state index in [0.717, 1.165) is 12.8 Å². The number of alkyl carbamates (subject to hydrolysis) is 1. The molecule has 1 amide bonds. The smallest absolute Gasteiger partial charge is 0.550 e. The summed E-state index contributed by atoms with van der Waals surface area (Å²) in [7, 11) is 0. The summed E-state index contributed by atoms with van der Waals surface area (Å²) in [5.41, 5.74) is 12.0. The number of hydrogen-bond acceptors (Lipinski definition) is 8. The molecule has 1 unspecified atom stereocenters. The Kier molecular flexibility index (Phi) is 13.1. The fourth-order valence-electron chi connectivity index (χ4n) is 2.46. The quantitative estimate of drug-likeness (QED) is 0.364. The van der Waals surface area contributed by atoms with Gasteiger partial charge in [0, 0.05) is 24.5 Å². The maximum Gasteiger partial charge on any atom is 2.00 e. The number of benzene rings is 1. The van der Waals surface area contributed by atoms with E-state index in [1.54, 1.807) is 30.3 Å². The van der Waals surface area contributed by atoms with Crippen LogP contribution in [-0.2, 0) is 42.0 Å². The molecule has 9 nitrogen and oxygen atoms in total. The number of nitrogens with one attached hydrogen (secondary N) is 1. The van der Waals surface area contributed by atoms with Crippen LogP contribution in [-0.4, -0.2) is 36.2 Å². The first-order valence-corrected chi connectivity index (χ1v) is 8.68. The van der Waals surface area contributed by atoms with Gasteiger partial charge in [0.1, 0.15) is 6.61 Å². The normalized spacial score (nSPS) is 19.1. The molecule has 1 fully saturated rings. The van der Waals surface area contributed by atoms with Gasteiger partial charge in [-0.15, -0.1) is 0 Å². The van der Waals surface area contributed by atoms with Gasteiger partial charge in [-0.05, 0) is 18.4 Å². The van der Waals surface area contributed by atoms with Crippen LogP contribution in [0.3, 0.4) is 0 Å². The van der Waals surface area contributed by atoms with Crippen LogP contribution < -0.4 is 27.0 Å². The Labute approximate surface area is 178 Å². The molecular weight excluding hydrogens is 549 g/mol. The number of carboxylic acid groups (broad SMARTS) is 2. The average Bonchev–Trinajstić information content (AvgIpc) is 2.63. The van der Waals surface area contributed by atoms with Gasteiger partial charge in [0.05, 0.1) is 12.0 Å². The zero-order chi connectivity index (χ0) is 20.2. The van der Waals surface area contributed by atoms with E-state index in [2.05, 4.69) is 0 Å². The maximum absolute atomic E-state index is 11.3. The standard InChI is InChI=1S/C12H13NO6.C6H14N2.Pt/c14-10(15)6-9(11(16)17)13-12(18)19-7-8-4-2-1-3-5-8;7-5-3-1-2-4-6(5)8;/h1-5,9H,6-7H2,(H,13,18)(H,14,15)(H,16,17);5-6H,1-4,7-8H2;/q;;+2/p-2/t;5-,6-;/m.1./s1. The Bertz CT molecular complexity index is 607. The van der Waals surface area contributed by atoms with E-state index in [0.29, 0.717) is 5.56 Å². The number of ether oxygens (including phenoxy) is 1. The van der Waals surface area contributed by atoms with E-state index < -0.39 is 30.5 Å². The predicted octanol–water partition coefficient (Wildman–Crippen LogP) is -1.62. The first-order valence-electron chi connectivity index (χ1n) is 8.68. The molecule has 0 heterocycles. The summed E-state index contributed by atoms with van der Waals surface area (Å²) in [4.78, 5) is 32.1. The second-order valence-electron chi connectivity index (χ2n) is 6.27. The van der Waals surface area contributed by atoms with E-state index in [-0.39, 0.29) is 39.8 Å². The Balaban J connectivity index is 0.000000678. The van der Waals surface area contributed by atoms with Crippen molar-refractivity contribution in [1.29, 1.82) is 0 Å². The minimum atomic E-state index is -1.72. The molecule has 2 rings (SSSR count). The molecule has 1 saturated carbocycles. The topological polar surface area (TPSA) is 171 Å². The van der Waals surface area contributed by atoms with E-state index in [1.807, 2.05) is 5.32 Å². The zero-order valence-electron chi connectivity index (χ0n) is 15.3. The molecule has 1 aliphatic rings. The first-order chi connectivity index (χ1) is 12.8. The summed E-state index contributed by atoms with van der Waals surface area (Å²) < 4.78 is 4.74. The first kappa shape index (κ1) is 26.0. The van der Waals surface area contributed by atoms with Crippen molar-refractivity contribution in [1.82, 2.24) is 5.32 Å². The van der Waals surface area contributed by atoms with Crippen LogP contribution in [0.5, 0.6) is 0 Å². The van der Waals surface area contributed by atoms with Crippen LogP contribution in [0, 0.1) is 0 Å². The summed E-state index contributed by atoms with van der Waals surface area (Å²) in [5, 5.41) is 22.7. The monoisotopic (exact) mass is 574 g/mol. The third-order valence-electron chi connectivity index (χ3n) is 4.04. The van der Waals surface area contributed by atoms with Crippen LogP contribution in [0.4, 0.5) is 4.79 Å². The van der Waals surface area contributed by atoms with Gasteiger partial charge < -0.3 is 41.3 Å². The molecule has 1 aromatic carbocycles. The molecule has 28 heavy (non-hydrogen) atoms. The van der Waals surface area contributed by atoms with E-state index in [4.69, 9.17) is 16.2 Å². The Morgan fingerprint density at radius 2 is 1.61 bits per heavy atom. The second kappa shape index (κ2) is 14.1. The molecule has 3 atom stereocenters. The number of hydrogen-bond donors (Lipinski definition) is 3. The van der Waals surface area contributed by atoms with Gasteiger partial charge in [0.25, 0.3) is 0 Å². The van der Waals surface area contributed by atoms with Gasteiger partial charge in [-0.25, -0.2) is 4.79 Å². The maximum atomic E-state index is 11.3. The van der Waals surface area contributed by atoms with E-state index in [9.17, 15) is 24.6 Å². The Morgan fingerprint density at radius 1 is 1.07 bits per heavy atom. The van der Waals surface area contributed by atoms with Crippen LogP contribution in [0.15, 0.2) is 30.3 Å². The van der Waals surface area contributed by atoms with Crippen molar-refractivity contribution >= 4 is 18.0 Å². The number of nitrogens with two attached hydrogens (primary N) is 2. The fraction of sp³-hybridized carbons (Fsp3) is 0.500. The van der Waals surface area contributed by atoms with Crippen LogP contribution in [0.2, 0.25) is 0 Å². The van der Waals surface area contributed by atoms with Gasteiger partial charge in [-0.1, -0.05) is 43.2 Å². The summed E-state index contributed by atoms with van der Waals surface area (Å²) in [6, 6.07) is 7.58. The molecule has 0 saturated heterocycles. The molecule has 5 N–H and O–H groups in total. The third kappa shape index (κ3) is 11.0. The fourth-order valence-corrected chi connectivity index (χ4v) is 2.46. The van der Waals surface area contributed by atoms with Crippen LogP contribution in [0.1, 0.15) is 37.7 Å². The second-order valence-corrected chi connectivity index (χ2v) is 6.27. The van der Waals surface area contributed by atoms with Gasteiger partial charge in [-0.3, -0.25) is 0 Å². The van der Waals surface area contributed by atoms with Crippen molar-refractivity contribution in [2.45, 2.75) is 56.8 Å². The molecule has 158 valence electrons. The number of rotatable bonds is 6. The molecule has 0 bridgehead atoms. The average molecular weight is 574 g/mol. The number of amides is 1. The van der Waals surface area contributed by atoms with Crippen molar-refractivity contribution in [2.75, 3.05) is 0 Å². The Morgan fingerprint density at radius 3 is 2.04 bits per heavy atom. The number of aliphatic carboxylic acids is 2. The third-order valence-corrected chi connectivity index (χ3v) is 4.04. The summed E-state index contributed by atoms with van der Waals surface area (Å²) in [6.07, 6.45) is 2.87. The van der Waals surface area contributed by atoms with E-state index in [1.165, 1.54) is 12.8 Å². The molecule has 10 heteroatoms. The summed E-state index contributed by atoms with van der Waals surface area (Å²) in [5.74, 6) is -3.33. The van der Waals surface area contributed by atoms with Crippen molar-refractivity contribution in [3.63, 3.8) is 0 Å².